The maximum atomic E-state index is 11.6. The lowest BCUT2D eigenvalue weighted by Crippen LogP contribution is -2.46. The first-order chi connectivity index (χ1) is 11.7. The molecule has 128 valence electrons. The number of fused-ring (bicyclic) bond motifs is 2. The number of carbonyl (C=O) groups excluding carboxylic acids is 1. The first kappa shape index (κ1) is 15.9. The van der Waals surface area contributed by atoms with Crippen molar-refractivity contribution in [2.45, 2.75) is 45.6 Å². The predicted molar refractivity (Wildman–Crippen MR) is 98.0 cm³/mol. The quantitative estimate of drug-likeness (QED) is 0.845. The molecule has 2 aromatic rings. The molecule has 4 rings (SSSR count). The van der Waals surface area contributed by atoms with Crippen molar-refractivity contribution in [2.24, 2.45) is 17.8 Å². The molecule has 3 nitrogen and oxygen atoms in total. The lowest BCUT2D eigenvalue weighted by Gasteiger charge is -2.48. The van der Waals surface area contributed by atoms with Crippen LogP contribution in [0, 0.1) is 24.7 Å². The molecular formula is C21H28N2O. The molecule has 0 bridgehead atoms. The van der Waals surface area contributed by atoms with Crippen LogP contribution in [0.2, 0.25) is 0 Å². The largest absolute Gasteiger partial charge is 0.357 e. The number of H-pyrrole nitrogens is 1. The van der Waals surface area contributed by atoms with Gasteiger partial charge in [-0.15, -0.1) is 0 Å². The fourth-order valence-corrected chi connectivity index (χ4v) is 5.28. The molecule has 1 aromatic heterocycles. The molecular weight excluding hydrogens is 296 g/mol. The summed E-state index contributed by atoms with van der Waals surface area (Å²) in [5.74, 6) is 1.54. The van der Waals surface area contributed by atoms with Gasteiger partial charge in [0.05, 0.1) is 6.04 Å². The number of piperidine rings is 1. The first-order valence-electron chi connectivity index (χ1n) is 9.49. The summed E-state index contributed by atoms with van der Waals surface area (Å²) in [6.07, 6.45) is 5.97. The van der Waals surface area contributed by atoms with Crippen molar-refractivity contribution < 1.29 is 4.79 Å². The van der Waals surface area contributed by atoms with E-state index in [0.29, 0.717) is 17.9 Å². The van der Waals surface area contributed by atoms with E-state index in [9.17, 15) is 4.79 Å². The summed E-state index contributed by atoms with van der Waals surface area (Å²) in [7, 11) is 0. The number of aldehydes is 1. The average Bonchev–Trinajstić information content (AvgIpc) is 2.97. The number of likely N-dealkylation sites (tertiary alicyclic amines) is 1. The minimum absolute atomic E-state index is 0.273. The Kier molecular flexibility index (Phi) is 4.21. The molecule has 1 aliphatic heterocycles. The number of hydrogen-bond acceptors (Lipinski definition) is 2. The van der Waals surface area contributed by atoms with Crippen LogP contribution in [0.5, 0.6) is 0 Å². The van der Waals surface area contributed by atoms with Crippen molar-refractivity contribution in [3.05, 3.63) is 35.5 Å². The third-order valence-corrected chi connectivity index (χ3v) is 6.59. The van der Waals surface area contributed by atoms with E-state index in [4.69, 9.17) is 0 Å². The van der Waals surface area contributed by atoms with Gasteiger partial charge in [0, 0.05) is 29.1 Å². The zero-order valence-corrected chi connectivity index (χ0v) is 14.8. The molecule has 0 spiro atoms. The number of nitrogens with zero attached hydrogens (tertiary/aromatic N) is 1. The third kappa shape index (κ3) is 2.50. The standard InChI is InChI=1S/C21H28N2O/c1-3-23-12-15-7-6-8-16(13-24)18(15)11-20(23)21-14(2)17-9-4-5-10-19(17)22-21/h4-5,9-10,13,15-16,18,20,22H,3,6-8,11-12H2,1-2H3. The monoisotopic (exact) mass is 324 g/mol. The van der Waals surface area contributed by atoms with E-state index in [1.807, 2.05) is 0 Å². The Labute approximate surface area is 144 Å². The number of nitrogens with one attached hydrogen (secondary N) is 1. The predicted octanol–water partition coefficient (Wildman–Crippen LogP) is 4.47. The topological polar surface area (TPSA) is 36.1 Å². The van der Waals surface area contributed by atoms with Gasteiger partial charge in [0.15, 0.2) is 0 Å². The minimum Gasteiger partial charge on any atom is -0.357 e. The molecule has 4 atom stereocenters. The Hall–Kier alpha value is -1.61. The second-order valence-electron chi connectivity index (χ2n) is 7.70. The number of aryl methyl sites for hydroxylation is 1. The molecule has 2 heterocycles. The lowest BCUT2D eigenvalue weighted by molar-refractivity contribution is -0.116. The van der Waals surface area contributed by atoms with Gasteiger partial charge in [-0.1, -0.05) is 31.5 Å². The number of carbonyl (C=O) groups is 1. The summed E-state index contributed by atoms with van der Waals surface area (Å²) in [5, 5.41) is 1.33. The fourth-order valence-electron chi connectivity index (χ4n) is 5.28. The Balaban J connectivity index is 1.71. The summed E-state index contributed by atoms with van der Waals surface area (Å²) in [6.45, 7) is 6.73. The Bertz CT molecular complexity index is 735. The van der Waals surface area contributed by atoms with E-state index in [0.717, 1.165) is 25.9 Å². The molecule has 1 aromatic carbocycles. The highest BCUT2D eigenvalue weighted by Gasteiger charge is 2.42. The smallest absolute Gasteiger partial charge is 0.123 e. The van der Waals surface area contributed by atoms with Gasteiger partial charge in [-0.05, 0) is 56.2 Å². The molecule has 1 N–H and O–H groups in total. The molecule has 1 saturated carbocycles. The molecule has 1 aliphatic carbocycles. The van der Waals surface area contributed by atoms with E-state index < -0.39 is 0 Å². The van der Waals surface area contributed by atoms with Gasteiger partial charge in [-0.2, -0.15) is 0 Å². The van der Waals surface area contributed by atoms with E-state index in [1.165, 1.54) is 41.3 Å². The van der Waals surface area contributed by atoms with Crippen LogP contribution in [0.15, 0.2) is 24.3 Å². The highest BCUT2D eigenvalue weighted by molar-refractivity contribution is 5.84. The summed E-state index contributed by atoms with van der Waals surface area (Å²) in [6, 6.07) is 9.01. The number of aromatic amines is 1. The van der Waals surface area contributed by atoms with Crippen molar-refractivity contribution in [2.75, 3.05) is 13.1 Å². The maximum Gasteiger partial charge on any atom is 0.123 e. The zero-order chi connectivity index (χ0) is 16.7. The van der Waals surface area contributed by atoms with Crippen LogP contribution in [0.25, 0.3) is 10.9 Å². The van der Waals surface area contributed by atoms with E-state index in [-0.39, 0.29) is 5.92 Å². The number of hydrogen-bond donors (Lipinski definition) is 1. The summed E-state index contributed by atoms with van der Waals surface area (Å²) >= 11 is 0. The number of para-hydroxylation sites is 1. The molecule has 4 unspecified atom stereocenters. The van der Waals surface area contributed by atoms with Crippen LogP contribution < -0.4 is 0 Å². The Morgan fingerprint density at radius 1 is 1.29 bits per heavy atom. The van der Waals surface area contributed by atoms with Crippen LogP contribution in [-0.2, 0) is 4.79 Å². The van der Waals surface area contributed by atoms with Gasteiger partial charge in [0.2, 0.25) is 0 Å². The Morgan fingerprint density at radius 2 is 2.12 bits per heavy atom. The summed E-state index contributed by atoms with van der Waals surface area (Å²) in [5.41, 5.74) is 3.98. The van der Waals surface area contributed by atoms with Crippen molar-refractivity contribution in [1.82, 2.24) is 9.88 Å². The average molecular weight is 324 g/mol. The highest BCUT2D eigenvalue weighted by atomic mass is 16.1. The third-order valence-electron chi connectivity index (χ3n) is 6.59. The molecule has 3 heteroatoms. The zero-order valence-electron chi connectivity index (χ0n) is 14.8. The summed E-state index contributed by atoms with van der Waals surface area (Å²) in [4.78, 5) is 17.9. The second kappa shape index (κ2) is 6.36. The molecule has 2 fully saturated rings. The van der Waals surface area contributed by atoms with Gasteiger partial charge in [-0.25, -0.2) is 0 Å². The Morgan fingerprint density at radius 3 is 2.88 bits per heavy atom. The molecule has 2 aliphatic rings. The van der Waals surface area contributed by atoms with Gasteiger partial charge >= 0.3 is 0 Å². The van der Waals surface area contributed by atoms with Gasteiger partial charge in [0.1, 0.15) is 6.29 Å². The van der Waals surface area contributed by atoms with Crippen LogP contribution >= 0.6 is 0 Å². The number of rotatable bonds is 3. The van der Waals surface area contributed by atoms with Crippen molar-refractivity contribution in [1.29, 1.82) is 0 Å². The first-order valence-corrected chi connectivity index (χ1v) is 9.49. The molecule has 24 heavy (non-hydrogen) atoms. The van der Waals surface area contributed by atoms with Crippen LogP contribution in [0.4, 0.5) is 0 Å². The SMILES string of the molecule is CCN1CC2CCCC(C=O)C2CC1c1[nH]c2ccccc2c1C. The normalized spacial score (nSPS) is 31.1. The molecule has 1 saturated heterocycles. The highest BCUT2D eigenvalue weighted by Crippen LogP contribution is 2.46. The maximum absolute atomic E-state index is 11.6. The number of aromatic nitrogens is 1. The van der Waals surface area contributed by atoms with Crippen molar-refractivity contribution in [3.63, 3.8) is 0 Å². The van der Waals surface area contributed by atoms with E-state index in [1.54, 1.807) is 0 Å². The molecule has 0 radical (unpaired) electrons. The van der Waals surface area contributed by atoms with Crippen LogP contribution in [-0.4, -0.2) is 29.3 Å². The van der Waals surface area contributed by atoms with E-state index in [2.05, 4.69) is 48.0 Å². The van der Waals surface area contributed by atoms with Gasteiger partial charge in [-0.3, -0.25) is 4.90 Å². The van der Waals surface area contributed by atoms with Crippen molar-refractivity contribution in [3.8, 4) is 0 Å². The second-order valence-corrected chi connectivity index (χ2v) is 7.70. The van der Waals surface area contributed by atoms with Gasteiger partial charge in [0.25, 0.3) is 0 Å². The molecule has 0 amide bonds. The fraction of sp³-hybridized carbons (Fsp3) is 0.571. The van der Waals surface area contributed by atoms with Crippen molar-refractivity contribution >= 4 is 17.2 Å². The number of benzene rings is 1. The van der Waals surface area contributed by atoms with Crippen LogP contribution in [0.3, 0.4) is 0 Å². The summed E-state index contributed by atoms with van der Waals surface area (Å²) < 4.78 is 0. The van der Waals surface area contributed by atoms with Gasteiger partial charge < -0.3 is 9.78 Å². The van der Waals surface area contributed by atoms with Crippen LogP contribution in [0.1, 0.15) is 49.9 Å². The minimum atomic E-state index is 0.273. The lowest BCUT2D eigenvalue weighted by atomic mass is 9.67. The van der Waals surface area contributed by atoms with E-state index >= 15 is 0 Å².